The number of aromatic nitrogens is 1. The highest BCUT2D eigenvalue weighted by Gasteiger charge is 2.27. The number of fused-ring (bicyclic) bond motifs is 1. The summed E-state index contributed by atoms with van der Waals surface area (Å²) in [6.45, 7) is 3.94. The predicted octanol–water partition coefficient (Wildman–Crippen LogP) is 1.34. The Labute approximate surface area is 155 Å². The molecule has 1 aliphatic rings. The molecule has 10 heteroatoms. The van der Waals surface area contributed by atoms with Crippen molar-refractivity contribution in [3.63, 3.8) is 0 Å². The summed E-state index contributed by atoms with van der Waals surface area (Å²) in [5.74, 6) is -0.428. The molecule has 1 amide bonds. The minimum absolute atomic E-state index is 0.0511. The van der Waals surface area contributed by atoms with E-state index in [1.807, 2.05) is 30.0 Å². The molecule has 3 aromatic rings. The minimum atomic E-state index is -3.97. The maximum Gasteiger partial charge on any atom is 0.298 e. The Morgan fingerprint density at radius 1 is 1.11 bits per heavy atom. The van der Waals surface area contributed by atoms with E-state index in [9.17, 15) is 13.2 Å². The van der Waals surface area contributed by atoms with Gasteiger partial charge in [0.15, 0.2) is 11.3 Å². The van der Waals surface area contributed by atoms with E-state index in [2.05, 4.69) is 4.98 Å². The Balaban J connectivity index is 1.45. The highest BCUT2D eigenvalue weighted by atomic mass is 32.2. The molecule has 0 bridgehead atoms. The van der Waals surface area contributed by atoms with Crippen molar-refractivity contribution in [2.75, 3.05) is 31.1 Å². The average molecular weight is 390 g/mol. The SMILES string of the molecule is Cc1ccc2oc(N3CCN(C(=O)c4ccc(S(N)(=O)=O)o4)CC3)nc2c1. The molecule has 0 radical (unpaired) electrons. The van der Waals surface area contributed by atoms with Crippen molar-refractivity contribution >= 4 is 33.0 Å². The molecule has 3 heterocycles. The third-order valence-corrected chi connectivity index (χ3v) is 5.22. The molecule has 27 heavy (non-hydrogen) atoms. The lowest BCUT2D eigenvalue weighted by atomic mass is 10.2. The maximum absolute atomic E-state index is 12.5. The maximum atomic E-state index is 12.5. The quantitative estimate of drug-likeness (QED) is 0.716. The van der Waals surface area contributed by atoms with E-state index in [1.165, 1.54) is 12.1 Å². The zero-order valence-corrected chi connectivity index (χ0v) is 15.4. The first-order chi connectivity index (χ1) is 12.8. The van der Waals surface area contributed by atoms with Crippen LogP contribution < -0.4 is 10.0 Å². The van der Waals surface area contributed by atoms with E-state index in [1.54, 1.807) is 4.90 Å². The summed E-state index contributed by atoms with van der Waals surface area (Å²) in [7, 11) is -3.97. The highest BCUT2D eigenvalue weighted by molar-refractivity contribution is 7.89. The number of carbonyl (C=O) groups is 1. The lowest BCUT2D eigenvalue weighted by Crippen LogP contribution is -2.48. The number of primary sulfonamides is 1. The topological polar surface area (TPSA) is 123 Å². The van der Waals surface area contributed by atoms with E-state index in [0.29, 0.717) is 32.2 Å². The first-order valence-corrected chi connectivity index (χ1v) is 9.90. The van der Waals surface area contributed by atoms with Gasteiger partial charge in [-0.1, -0.05) is 6.07 Å². The van der Waals surface area contributed by atoms with Crippen molar-refractivity contribution < 1.29 is 22.0 Å². The van der Waals surface area contributed by atoms with Gasteiger partial charge in [0.05, 0.1) is 0 Å². The van der Waals surface area contributed by atoms with Crippen molar-refractivity contribution in [1.82, 2.24) is 9.88 Å². The van der Waals surface area contributed by atoms with E-state index in [4.69, 9.17) is 14.0 Å². The first kappa shape index (κ1) is 17.6. The molecule has 1 aromatic carbocycles. The van der Waals surface area contributed by atoms with Gasteiger partial charge in [-0.25, -0.2) is 13.6 Å². The van der Waals surface area contributed by atoms with Crippen LogP contribution in [0.4, 0.5) is 6.01 Å². The zero-order valence-electron chi connectivity index (χ0n) is 14.6. The summed E-state index contributed by atoms with van der Waals surface area (Å²) < 4.78 is 33.4. The first-order valence-electron chi connectivity index (χ1n) is 8.35. The number of hydrogen-bond donors (Lipinski definition) is 1. The number of nitrogens with two attached hydrogens (primary N) is 1. The number of amides is 1. The van der Waals surface area contributed by atoms with Gasteiger partial charge in [-0.05, 0) is 36.8 Å². The summed E-state index contributed by atoms with van der Waals surface area (Å²) in [5.41, 5.74) is 2.63. The summed E-state index contributed by atoms with van der Waals surface area (Å²) in [4.78, 5) is 20.6. The van der Waals surface area contributed by atoms with Gasteiger partial charge < -0.3 is 18.6 Å². The van der Waals surface area contributed by atoms with Gasteiger partial charge in [0.1, 0.15) is 5.52 Å². The molecule has 0 spiro atoms. The molecule has 4 rings (SSSR count). The lowest BCUT2D eigenvalue weighted by molar-refractivity contribution is 0.0707. The smallest absolute Gasteiger partial charge is 0.298 e. The van der Waals surface area contributed by atoms with E-state index < -0.39 is 15.1 Å². The molecule has 142 valence electrons. The number of hydrogen-bond acceptors (Lipinski definition) is 7. The molecule has 9 nitrogen and oxygen atoms in total. The summed E-state index contributed by atoms with van der Waals surface area (Å²) >= 11 is 0. The fourth-order valence-electron chi connectivity index (χ4n) is 3.01. The molecule has 2 N–H and O–H groups in total. The fourth-order valence-corrected chi connectivity index (χ4v) is 3.47. The largest absolute Gasteiger partial charge is 0.438 e. The van der Waals surface area contributed by atoms with Crippen molar-refractivity contribution in [1.29, 1.82) is 0 Å². The molecular weight excluding hydrogens is 372 g/mol. The molecule has 0 saturated carbocycles. The zero-order chi connectivity index (χ0) is 19.2. The van der Waals surface area contributed by atoms with Gasteiger partial charge in [-0.3, -0.25) is 4.79 Å². The van der Waals surface area contributed by atoms with Crippen LogP contribution >= 0.6 is 0 Å². The molecule has 0 atom stereocenters. The molecule has 1 saturated heterocycles. The van der Waals surface area contributed by atoms with Gasteiger partial charge >= 0.3 is 0 Å². The standard InChI is InChI=1S/C17H18N4O5S/c1-11-2-3-13-12(10-11)19-17(26-13)21-8-6-20(7-9-21)16(22)14-4-5-15(25-14)27(18,23)24/h2-5,10H,6-9H2,1H3,(H2,18,23,24). The Morgan fingerprint density at radius 3 is 2.52 bits per heavy atom. The fraction of sp³-hybridized carbons (Fsp3) is 0.294. The second-order valence-corrected chi connectivity index (χ2v) is 7.90. The van der Waals surface area contributed by atoms with Crippen molar-refractivity contribution in [2.24, 2.45) is 5.14 Å². The van der Waals surface area contributed by atoms with Crippen molar-refractivity contribution in [3.05, 3.63) is 41.7 Å². The molecule has 1 fully saturated rings. The van der Waals surface area contributed by atoms with Gasteiger partial charge in [-0.2, -0.15) is 4.98 Å². The number of anilines is 1. The normalized spacial score (nSPS) is 15.5. The van der Waals surface area contributed by atoms with Gasteiger partial charge in [-0.15, -0.1) is 0 Å². The van der Waals surface area contributed by atoms with E-state index in [0.717, 1.165) is 16.7 Å². The van der Waals surface area contributed by atoms with Crippen LogP contribution in [0.1, 0.15) is 16.1 Å². The van der Waals surface area contributed by atoms with Crippen LogP contribution in [0.5, 0.6) is 0 Å². The number of benzene rings is 1. The summed E-state index contributed by atoms with van der Waals surface area (Å²) in [5, 5.41) is 4.58. The molecule has 2 aromatic heterocycles. The minimum Gasteiger partial charge on any atom is -0.438 e. The van der Waals surface area contributed by atoms with Gasteiger partial charge in [0.2, 0.25) is 5.09 Å². The van der Waals surface area contributed by atoms with Crippen LogP contribution in [0, 0.1) is 6.92 Å². The van der Waals surface area contributed by atoms with E-state index in [-0.39, 0.29) is 11.7 Å². The third-order valence-electron chi connectivity index (χ3n) is 4.44. The highest BCUT2D eigenvalue weighted by Crippen LogP contribution is 2.24. The van der Waals surface area contributed by atoms with Gasteiger partial charge in [0, 0.05) is 26.2 Å². The molecule has 0 unspecified atom stereocenters. The summed E-state index contributed by atoms with van der Waals surface area (Å²) in [6, 6.07) is 8.84. The number of nitrogens with zero attached hydrogens (tertiary/aromatic N) is 3. The Morgan fingerprint density at radius 2 is 1.85 bits per heavy atom. The number of piperazine rings is 1. The number of carbonyl (C=O) groups excluding carboxylic acids is 1. The number of oxazole rings is 1. The van der Waals surface area contributed by atoms with Crippen molar-refractivity contribution in [2.45, 2.75) is 12.0 Å². The molecule has 0 aliphatic carbocycles. The predicted molar refractivity (Wildman–Crippen MR) is 96.9 cm³/mol. The third kappa shape index (κ3) is 3.40. The van der Waals surface area contributed by atoms with Crippen LogP contribution in [-0.4, -0.2) is 50.4 Å². The number of aryl methyl sites for hydroxylation is 1. The second-order valence-electron chi connectivity index (χ2n) is 6.41. The second kappa shape index (κ2) is 6.39. The summed E-state index contributed by atoms with van der Waals surface area (Å²) in [6.07, 6.45) is 0. The Kier molecular flexibility index (Phi) is 4.16. The lowest BCUT2D eigenvalue weighted by Gasteiger charge is -2.33. The van der Waals surface area contributed by atoms with Crippen LogP contribution in [0.3, 0.4) is 0 Å². The Bertz CT molecular complexity index is 1110. The van der Waals surface area contributed by atoms with Crippen LogP contribution in [0.15, 0.2) is 44.3 Å². The van der Waals surface area contributed by atoms with Crippen LogP contribution in [0.25, 0.3) is 11.1 Å². The number of rotatable bonds is 3. The van der Waals surface area contributed by atoms with Gasteiger partial charge in [0.25, 0.3) is 21.9 Å². The molecular formula is C17H18N4O5S. The average Bonchev–Trinajstić information content (AvgIpc) is 3.28. The molecule has 1 aliphatic heterocycles. The van der Waals surface area contributed by atoms with Crippen molar-refractivity contribution in [3.8, 4) is 0 Å². The number of furan rings is 1. The monoisotopic (exact) mass is 390 g/mol. The van der Waals surface area contributed by atoms with Crippen LogP contribution in [-0.2, 0) is 10.0 Å². The number of sulfonamides is 1. The van der Waals surface area contributed by atoms with E-state index >= 15 is 0 Å². The van der Waals surface area contributed by atoms with Crippen LogP contribution in [0.2, 0.25) is 0 Å². The Hall–Kier alpha value is -2.85.